The molecular formula is C12H26N4O3. The molecule has 1 heterocycles. The van der Waals surface area contributed by atoms with E-state index in [0.29, 0.717) is 0 Å². The van der Waals surface area contributed by atoms with Gasteiger partial charge in [0.2, 0.25) is 0 Å². The lowest BCUT2D eigenvalue weighted by atomic mass is 10.0. The Hall–Kier alpha value is -0.760. The molecule has 0 aromatic heterocycles. The summed E-state index contributed by atoms with van der Waals surface area (Å²) in [6, 6.07) is -0.753. The Morgan fingerprint density at radius 2 is 1.79 bits per heavy atom. The van der Waals surface area contributed by atoms with Crippen molar-refractivity contribution in [2.24, 2.45) is 0 Å². The van der Waals surface area contributed by atoms with Crippen molar-refractivity contribution in [2.45, 2.75) is 71.3 Å². The third-order valence-corrected chi connectivity index (χ3v) is 3.83. The number of aliphatic hydroxyl groups excluding tert-OH is 1. The van der Waals surface area contributed by atoms with E-state index >= 15 is 0 Å². The Bertz CT molecular complexity index is 316. The lowest BCUT2D eigenvalue weighted by molar-refractivity contribution is -0.556. The molecule has 1 aliphatic rings. The number of nitro groups is 1. The fourth-order valence-corrected chi connectivity index (χ4v) is 2.82. The van der Waals surface area contributed by atoms with Crippen LogP contribution in [0.2, 0.25) is 0 Å². The second-order valence-electron chi connectivity index (χ2n) is 5.78. The quantitative estimate of drug-likeness (QED) is 0.566. The van der Waals surface area contributed by atoms with Crippen LogP contribution < -0.4 is 5.32 Å². The first-order chi connectivity index (χ1) is 8.68. The minimum absolute atomic E-state index is 0.115. The Morgan fingerprint density at radius 1 is 1.32 bits per heavy atom. The Balaban J connectivity index is 3.09. The van der Waals surface area contributed by atoms with Gasteiger partial charge in [-0.3, -0.25) is 25.2 Å². The average molecular weight is 274 g/mol. The minimum Gasteiger partial charge on any atom is -0.371 e. The molecule has 112 valence electrons. The summed E-state index contributed by atoms with van der Waals surface area (Å²) in [6.07, 6.45) is -1.68. The highest BCUT2D eigenvalue weighted by molar-refractivity contribution is 4.91. The molecule has 19 heavy (non-hydrogen) atoms. The molecule has 4 atom stereocenters. The van der Waals surface area contributed by atoms with Crippen LogP contribution in [0.15, 0.2) is 0 Å². The summed E-state index contributed by atoms with van der Waals surface area (Å²) in [6.45, 7) is 9.93. The van der Waals surface area contributed by atoms with E-state index in [4.69, 9.17) is 0 Å². The van der Waals surface area contributed by atoms with E-state index in [1.807, 2.05) is 39.5 Å². The predicted molar refractivity (Wildman–Crippen MR) is 73.0 cm³/mol. The number of rotatable bonds is 4. The molecule has 1 aliphatic heterocycles. The molecule has 2 N–H and O–H groups in total. The SMILES string of the molecule is CC1NC(N(C(C)C)C(C)C)C([N+](=O)[O-])C(O)N1C. The van der Waals surface area contributed by atoms with Gasteiger partial charge in [0.25, 0.3) is 6.04 Å². The van der Waals surface area contributed by atoms with Crippen LogP contribution in [0, 0.1) is 10.1 Å². The third-order valence-electron chi connectivity index (χ3n) is 3.83. The Kier molecular flexibility index (Phi) is 5.26. The summed E-state index contributed by atoms with van der Waals surface area (Å²) < 4.78 is 0. The monoisotopic (exact) mass is 274 g/mol. The van der Waals surface area contributed by atoms with Gasteiger partial charge >= 0.3 is 0 Å². The maximum atomic E-state index is 11.3. The second kappa shape index (κ2) is 6.13. The zero-order valence-corrected chi connectivity index (χ0v) is 12.6. The number of nitrogens with zero attached hydrogens (tertiary/aromatic N) is 3. The van der Waals surface area contributed by atoms with Crippen LogP contribution in [0.5, 0.6) is 0 Å². The molecule has 1 saturated heterocycles. The van der Waals surface area contributed by atoms with Gasteiger partial charge in [0.15, 0.2) is 6.23 Å². The lowest BCUT2D eigenvalue weighted by Crippen LogP contribution is -2.73. The molecule has 1 rings (SSSR count). The fourth-order valence-electron chi connectivity index (χ4n) is 2.82. The van der Waals surface area contributed by atoms with Crippen molar-refractivity contribution in [1.82, 2.24) is 15.1 Å². The van der Waals surface area contributed by atoms with Crippen LogP contribution in [0.25, 0.3) is 0 Å². The molecule has 0 aromatic rings. The highest BCUT2D eigenvalue weighted by atomic mass is 16.6. The van der Waals surface area contributed by atoms with Crippen LogP contribution in [0.4, 0.5) is 0 Å². The maximum absolute atomic E-state index is 11.3. The van der Waals surface area contributed by atoms with Crippen molar-refractivity contribution >= 4 is 0 Å². The summed E-state index contributed by atoms with van der Waals surface area (Å²) in [5, 5.41) is 24.7. The lowest BCUT2D eigenvalue weighted by Gasteiger charge is -2.47. The Labute approximate surface area is 114 Å². The van der Waals surface area contributed by atoms with Crippen LogP contribution in [0.3, 0.4) is 0 Å². The van der Waals surface area contributed by atoms with Crippen molar-refractivity contribution < 1.29 is 10.0 Å². The highest BCUT2D eigenvalue weighted by Crippen LogP contribution is 2.22. The summed E-state index contributed by atoms with van der Waals surface area (Å²) >= 11 is 0. The summed E-state index contributed by atoms with van der Waals surface area (Å²) in [5.74, 6) is 0. The van der Waals surface area contributed by atoms with E-state index in [9.17, 15) is 15.2 Å². The molecule has 7 nitrogen and oxygen atoms in total. The molecule has 0 radical (unpaired) electrons. The zero-order valence-electron chi connectivity index (χ0n) is 12.6. The standard InChI is InChI=1S/C12H26N4O3/c1-7(2)15(8(3)4)11-10(16(18)19)12(17)14(6)9(5)13-11/h7-13,17H,1-6H3. The fraction of sp³-hybridized carbons (Fsp3) is 1.00. The number of hydrogen-bond acceptors (Lipinski definition) is 6. The second-order valence-corrected chi connectivity index (χ2v) is 5.78. The summed E-state index contributed by atoms with van der Waals surface area (Å²) in [4.78, 5) is 14.6. The first kappa shape index (κ1) is 16.3. The third kappa shape index (κ3) is 3.22. The normalized spacial score (nSPS) is 33.4. The van der Waals surface area contributed by atoms with Crippen molar-refractivity contribution in [3.63, 3.8) is 0 Å². The van der Waals surface area contributed by atoms with E-state index < -0.39 is 18.4 Å². The van der Waals surface area contributed by atoms with E-state index in [2.05, 4.69) is 5.32 Å². The topological polar surface area (TPSA) is 81.9 Å². The number of nitrogens with one attached hydrogen (secondary N) is 1. The molecule has 0 amide bonds. The molecule has 0 aliphatic carbocycles. The van der Waals surface area contributed by atoms with Gasteiger partial charge in [-0.25, -0.2) is 0 Å². The van der Waals surface area contributed by atoms with Gasteiger partial charge in [0.05, 0.1) is 6.17 Å². The minimum atomic E-state index is -1.09. The molecule has 0 bridgehead atoms. The summed E-state index contributed by atoms with van der Waals surface area (Å²) in [5.41, 5.74) is 0. The maximum Gasteiger partial charge on any atom is 0.280 e. The van der Waals surface area contributed by atoms with Crippen LogP contribution in [0.1, 0.15) is 34.6 Å². The molecule has 0 aromatic carbocycles. The zero-order chi connectivity index (χ0) is 14.9. The van der Waals surface area contributed by atoms with Crippen LogP contribution in [-0.2, 0) is 0 Å². The molecular weight excluding hydrogens is 248 g/mol. The van der Waals surface area contributed by atoms with Crippen LogP contribution in [-0.4, -0.2) is 63.6 Å². The van der Waals surface area contributed by atoms with Gasteiger partial charge < -0.3 is 5.11 Å². The summed E-state index contributed by atoms with van der Waals surface area (Å²) in [7, 11) is 1.68. The van der Waals surface area contributed by atoms with Gasteiger partial charge in [0, 0.05) is 17.0 Å². The van der Waals surface area contributed by atoms with Crippen molar-refractivity contribution in [1.29, 1.82) is 0 Å². The van der Waals surface area contributed by atoms with Crippen LogP contribution >= 0.6 is 0 Å². The molecule has 0 spiro atoms. The van der Waals surface area contributed by atoms with E-state index in [1.165, 1.54) is 0 Å². The Morgan fingerprint density at radius 3 is 2.16 bits per heavy atom. The van der Waals surface area contributed by atoms with Crippen molar-refractivity contribution in [3.05, 3.63) is 10.1 Å². The molecule has 0 saturated carbocycles. The highest BCUT2D eigenvalue weighted by Gasteiger charge is 2.50. The molecule has 7 heteroatoms. The van der Waals surface area contributed by atoms with Crippen molar-refractivity contribution in [3.8, 4) is 0 Å². The largest absolute Gasteiger partial charge is 0.371 e. The van der Waals surface area contributed by atoms with Gasteiger partial charge in [-0.15, -0.1) is 0 Å². The first-order valence-electron chi connectivity index (χ1n) is 6.75. The van der Waals surface area contributed by atoms with E-state index in [-0.39, 0.29) is 23.2 Å². The predicted octanol–water partition coefficient (Wildman–Crippen LogP) is 0.276. The molecule has 4 unspecified atom stereocenters. The number of hydrogen-bond donors (Lipinski definition) is 2. The molecule has 1 fully saturated rings. The number of aliphatic hydroxyl groups is 1. The van der Waals surface area contributed by atoms with Crippen molar-refractivity contribution in [2.75, 3.05) is 7.05 Å². The van der Waals surface area contributed by atoms with Gasteiger partial charge in [-0.2, -0.15) is 0 Å². The average Bonchev–Trinajstić information content (AvgIpc) is 2.24. The van der Waals surface area contributed by atoms with E-state index in [0.717, 1.165) is 0 Å². The smallest absolute Gasteiger partial charge is 0.280 e. The number of likely N-dealkylation sites (N-methyl/N-ethyl adjacent to an activating group) is 1. The van der Waals surface area contributed by atoms with Gasteiger partial charge in [-0.05, 0) is 41.7 Å². The van der Waals surface area contributed by atoms with Gasteiger partial charge in [-0.1, -0.05) is 0 Å². The first-order valence-corrected chi connectivity index (χ1v) is 6.75. The van der Waals surface area contributed by atoms with E-state index in [1.54, 1.807) is 11.9 Å². The van der Waals surface area contributed by atoms with Gasteiger partial charge in [0.1, 0.15) is 6.17 Å².